The van der Waals surface area contributed by atoms with Crippen molar-refractivity contribution in [3.63, 3.8) is 0 Å². The maximum absolute atomic E-state index is 12.9. The molecule has 0 aliphatic rings. The Morgan fingerprint density at radius 2 is 1.81 bits per heavy atom. The van der Waals surface area contributed by atoms with Gasteiger partial charge in [-0.2, -0.15) is 0 Å². The van der Waals surface area contributed by atoms with Gasteiger partial charge in [0.2, 0.25) is 0 Å². The number of nitrogen functional groups attached to an aromatic ring is 1. The van der Waals surface area contributed by atoms with Gasteiger partial charge >= 0.3 is 0 Å². The van der Waals surface area contributed by atoms with E-state index in [1.165, 1.54) is 42.5 Å². The third kappa shape index (κ3) is 3.34. The Bertz CT molecular complexity index is 678. The zero-order chi connectivity index (χ0) is 15.6. The molecule has 0 heterocycles. The Morgan fingerprint density at radius 3 is 2.38 bits per heavy atom. The van der Waals surface area contributed by atoms with Crippen molar-refractivity contribution >= 4 is 32.8 Å². The summed E-state index contributed by atoms with van der Waals surface area (Å²) < 4.78 is 12.9. The molecule has 8 heteroatoms. The van der Waals surface area contributed by atoms with E-state index >= 15 is 0 Å². The molecule has 0 aromatic heterocycles. The van der Waals surface area contributed by atoms with Crippen molar-refractivity contribution in [2.75, 3.05) is 11.1 Å². The summed E-state index contributed by atoms with van der Waals surface area (Å²) in [6.45, 7) is 0. The fourth-order valence-corrected chi connectivity index (χ4v) is 1.82. The monoisotopic (exact) mass is 281 g/mol. The molecular weight excluding hydrogens is 271 g/mol. The molecule has 102 valence electrons. The molecule has 0 aliphatic carbocycles. The van der Waals surface area contributed by atoms with Crippen LogP contribution >= 0.6 is 0 Å². The number of nitrogens with zero attached hydrogens (tertiary/aromatic N) is 1. The van der Waals surface area contributed by atoms with Gasteiger partial charge in [0.25, 0.3) is 5.69 Å². The minimum Gasteiger partial charge on any atom is -0.393 e. The number of nitrogens with two attached hydrogens (primary N) is 1. The quantitative estimate of drug-likeness (QED) is 0.388. The van der Waals surface area contributed by atoms with E-state index < -0.39 is 16.1 Å². The second kappa shape index (κ2) is 5.47. The molecule has 2 rings (SSSR count). The molecule has 2 aromatic rings. The Labute approximate surface area is 123 Å². The number of nitrogens with one attached hydrogen (secondary N) is 1. The van der Waals surface area contributed by atoms with Crippen molar-refractivity contribution in [3.8, 4) is 0 Å². The highest BCUT2D eigenvalue weighted by atomic mass is 19.1. The first kappa shape index (κ1) is 14.9. The number of hydrogen-bond acceptors (Lipinski definition) is 4. The van der Waals surface area contributed by atoms with Crippen molar-refractivity contribution in [2.45, 2.75) is 5.34 Å². The van der Waals surface area contributed by atoms with Gasteiger partial charge in [-0.1, -0.05) is 12.1 Å². The van der Waals surface area contributed by atoms with Gasteiger partial charge in [0.1, 0.15) is 11.5 Å². The van der Waals surface area contributed by atoms with E-state index in [9.17, 15) is 14.5 Å². The van der Waals surface area contributed by atoms with E-state index in [4.69, 9.17) is 21.4 Å². The molecule has 0 amide bonds. The number of benzene rings is 2. The predicted octanol–water partition coefficient (Wildman–Crippen LogP) is 1.88. The molecule has 21 heavy (non-hydrogen) atoms. The average Bonchev–Trinajstić information content (AvgIpc) is 2.41. The first-order valence-electron chi connectivity index (χ1n) is 5.95. The number of anilines is 2. The van der Waals surface area contributed by atoms with E-state index in [0.717, 1.165) is 0 Å². The normalized spacial score (nSPS) is 11.1. The molecule has 0 fully saturated rings. The molecule has 0 spiro atoms. The summed E-state index contributed by atoms with van der Waals surface area (Å²) in [5, 5.41) is 12.1. The average molecular weight is 281 g/mol. The maximum atomic E-state index is 12.9. The van der Waals surface area contributed by atoms with Gasteiger partial charge in [-0.25, -0.2) is 4.39 Å². The number of halogens is 1. The SMILES string of the molecule is [B]C([B])(Nc1ccc(N)c([N+](=O)[O-])c1)c1ccc(F)cc1. The Kier molecular flexibility index (Phi) is 3.88. The lowest BCUT2D eigenvalue weighted by Gasteiger charge is -2.29. The molecule has 0 saturated carbocycles. The van der Waals surface area contributed by atoms with Crippen molar-refractivity contribution in [3.05, 3.63) is 64.0 Å². The summed E-state index contributed by atoms with van der Waals surface area (Å²) in [7, 11) is 11.9. The van der Waals surface area contributed by atoms with Crippen LogP contribution in [0.2, 0.25) is 0 Å². The molecule has 3 N–H and O–H groups in total. The van der Waals surface area contributed by atoms with Crippen molar-refractivity contribution < 1.29 is 9.31 Å². The fourth-order valence-electron chi connectivity index (χ4n) is 1.82. The zero-order valence-corrected chi connectivity index (χ0v) is 10.9. The van der Waals surface area contributed by atoms with Gasteiger partial charge in [0.15, 0.2) is 0 Å². The van der Waals surface area contributed by atoms with Gasteiger partial charge in [-0.3, -0.25) is 10.1 Å². The second-order valence-electron chi connectivity index (χ2n) is 4.53. The highest BCUT2D eigenvalue weighted by molar-refractivity contribution is 6.41. The lowest BCUT2D eigenvalue weighted by atomic mass is 9.58. The largest absolute Gasteiger partial charge is 0.393 e. The Morgan fingerprint density at radius 1 is 1.19 bits per heavy atom. The molecule has 0 aliphatic heterocycles. The molecule has 0 bridgehead atoms. The molecule has 4 radical (unpaired) electrons. The van der Waals surface area contributed by atoms with Gasteiger partial charge in [0.05, 0.1) is 20.6 Å². The van der Waals surface area contributed by atoms with Gasteiger partial charge < -0.3 is 11.1 Å². The van der Waals surface area contributed by atoms with Crippen molar-refractivity contribution in [1.82, 2.24) is 0 Å². The van der Waals surface area contributed by atoms with Gasteiger partial charge in [0, 0.05) is 11.8 Å². The van der Waals surface area contributed by atoms with Crippen LogP contribution in [0.5, 0.6) is 0 Å². The molecule has 0 atom stereocenters. The topological polar surface area (TPSA) is 81.2 Å². The second-order valence-corrected chi connectivity index (χ2v) is 4.53. The molecule has 2 aromatic carbocycles. The number of nitro benzene ring substituents is 1. The van der Waals surface area contributed by atoms with Crippen LogP contribution in [0.4, 0.5) is 21.5 Å². The lowest BCUT2D eigenvalue weighted by molar-refractivity contribution is -0.383. The molecule has 0 unspecified atom stereocenters. The molecular formula is C13H10B2FN3O2. The standard InChI is InChI=1S/C13H10B2FN3O2/c14-13(15,8-1-3-9(16)4-2-8)18-10-5-6-11(17)12(7-10)19(20)21/h1-7,18H,17H2. The summed E-state index contributed by atoms with van der Waals surface area (Å²) in [5.41, 5.74) is 6.03. The third-order valence-electron chi connectivity index (χ3n) is 2.90. The van der Waals surface area contributed by atoms with Crippen LogP contribution in [0, 0.1) is 15.9 Å². The molecule has 5 nitrogen and oxygen atoms in total. The van der Waals surface area contributed by atoms with Crippen LogP contribution in [0.15, 0.2) is 42.5 Å². The minimum atomic E-state index is -1.52. The minimum absolute atomic E-state index is 0.0342. The summed E-state index contributed by atoms with van der Waals surface area (Å²) in [5.74, 6) is -0.419. The van der Waals surface area contributed by atoms with Crippen LogP contribution in [0.3, 0.4) is 0 Å². The number of rotatable bonds is 4. The first-order valence-corrected chi connectivity index (χ1v) is 5.95. The van der Waals surface area contributed by atoms with Crippen LogP contribution in [0.1, 0.15) is 5.56 Å². The van der Waals surface area contributed by atoms with Gasteiger partial charge in [-0.05, 0) is 35.2 Å². The Hall–Kier alpha value is -2.50. The van der Waals surface area contributed by atoms with E-state index in [2.05, 4.69) is 5.32 Å². The smallest absolute Gasteiger partial charge is 0.294 e. The number of hydrogen-bond donors (Lipinski definition) is 2. The van der Waals surface area contributed by atoms with Gasteiger partial charge in [-0.15, -0.1) is 0 Å². The van der Waals surface area contributed by atoms with Crippen LogP contribution in [-0.2, 0) is 5.34 Å². The van der Waals surface area contributed by atoms with E-state index in [-0.39, 0.29) is 11.4 Å². The molecule has 0 saturated heterocycles. The van der Waals surface area contributed by atoms with Crippen molar-refractivity contribution in [2.24, 2.45) is 0 Å². The third-order valence-corrected chi connectivity index (χ3v) is 2.90. The first-order chi connectivity index (χ1) is 9.79. The zero-order valence-electron chi connectivity index (χ0n) is 10.9. The summed E-state index contributed by atoms with van der Waals surface area (Å²) >= 11 is 0. The summed E-state index contributed by atoms with van der Waals surface area (Å²) in [4.78, 5) is 10.2. The Balaban J connectivity index is 2.30. The van der Waals surface area contributed by atoms with Crippen molar-refractivity contribution in [1.29, 1.82) is 0 Å². The predicted molar refractivity (Wildman–Crippen MR) is 80.7 cm³/mol. The van der Waals surface area contributed by atoms with Crippen LogP contribution < -0.4 is 11.1 Å². The lowest BCUT2D eigenvalue weighted by Crippen LogP contribution is -2.36. The summed E-state index contributed by atoms with van der Waals surface area (Å²) in [6, 6.07) is 9.41. The highest BCUT2D eigenvalue weighted by Crippen LogP contribution is 2.28. The highest BCUT2D eigenvalue weighted by Gasteiger charge is 2.21. The number of nitro groups is 1. The van der Waals surface area contributed by atoms with Crippen LogP contribution in [0.25, 0.3) is 0 Å². The van der Waals surface area contributed by atoms with E-state index in [1.807, 2.05) is 0 Å². The van der Waals surface area contributed by atoms with Crippen LogP contribution in [-0.4, -0.2) is 20.6 Å². The van der Waals surface area contributed by atoms with E-state index in [0.29, 0.717) is 11.3 Å². The summed E-state index contributed by atoms with van der Waals surface area (Å²) in [6.07, 6.45) is 0. The fraction of sp³-hybridized carbons (Fsp3) is 0.0769. The maximum Gasteiger partial charge on any atom is 0.294 e. The van der Waals surface area contributed by atoms with E-state index in [1.54, 1.807) is 0 Å².